The predicted octanol–water partition coefficient (Wildman–Crippen LogP) is 2.48. The number of aromatic nitrogens is 1. The summed E-state index contributed by atoms with van der Waals surface area (Å²) in [5.74, 6) is 0. The smallest absolute Gasteiger partial charge is 0.131 e. The molecule has 0 saturated carbocycles. The van der Waals surface area contributed by atoms with Crippen LogP contribution in [0.5, 0.6) is 0 Å². The van der Waals surface area contributed by atoms with E-state index in [0.29, 0.717) is 11.2 Å². The van der Waals surface area contributed by atoms with Crippen molar-refractivity contribution < 1.29 is 0 Å². The van der Waals surface area contributed by atoms with Gasteiger partial charge in [0.1, 0.15) is 5.15 Å². The van der Waals surface area contributed by atoms with E-state index in [1.165, 1.54) is 15.7 Å². The van der Waals surface area contributed by atoms with Crippen LogP contribution in [0.4, 0.5) is 5.69 Å². The Hall–Kier alpha value is -0.0700. The van der Waals surface area contributed by atoms with Gasteiger partial charge in [0.05, 0.1) is 9.26 Å². The molecule has 1 saturated heterocycles. The van der Waals surface area contributed by atoms with Crippen molar-refractivity contribution in [2.45, 2.75) is 12.5 Å². The first-order valence-corrected chi connectivity index (χ1v) is 6.76. The molecule has 1 aliphatic heterocycles. The first-order valence-electron chi connectivity index (χ1n) is 5.30. The molecule has 0 N–H and O–H groups in total. The summed E-state index contributed by atoms with van der Waals surface area (Å²) in [5, 5.41) is 0.573. The summed E-state index contributed by atoms with van der Waals surface area (Å²) in [6, 6.07) is 2.60. The van der Waals surface area contributed by atoms with Gasteiger partial charge in [-0.2, -0.15) is 0 Å². The van der Waals surface area contributed by atoms with E-state index in [-0.39, 0.29) is 0 Å². The van der Waals surface area contributed by atoms with Crippen molar-refractivity contribution in [2.24, 2.45) is 0 Å². The molecule has 88 valence electrons. The van der Waals surface area contributed by atoms with E-state index in [1.807, 2.05) is 12.3 Å². The standard InChI is InChI=1S/C11H15ClIN3/c1-15(2)8-3-4-16(7-8)10-5-11(12)14-6-9(10)13/h5-6,8H,3-4,7H2,1-2H3. The van der Waals surface area contributed by atoms with Gasteiger partial charge >= 0.3 is 0 Å². The van der Waals surface area contributed by atoms with Gasteiger partial charge in [-0.05, 0) is 49.2 Å². The van der Waals surface area contributed by atoms with Crippen LogP contribution in [0.25, 0.3) is 0 Å². The van der Waals surface area contributed by atoms with E-state index >= 15 is 0 Å². The molecule has 2 heterocycles. The van der Waals surface area contributed by atoms with Crippen LogP contribution in [-0.4, -0.2) is 43.1 Å². The zero-order valence-corrected chi connectivity index (χ0v) is 12.4. The van der Waals surface area contributed by atoms with Gasteiger partial charge in [0.25, 0.3) is 0 Å². The Morgan fingerprint density at radius 1 is 1.56 bits per heavy atom. The molecule has 1 aromatic rings. The molecule has 1 unspecified atom stereocenters. The topological polar surface area (TPSA) is 19.4 Å². The lowest BCUT2D eigenvalue weighted by atomic mass is 10.2. The Kier molecular flexibility index (Phi) is 3.92. The third-order valence-electron chi connectivity index (χ3n) is 3.04. The summed E-state index contributed by atoms with van der Waals surface area (Å²) in [5.41, 5.74) is 1.21. The third kappa shape index (κ3) is 2.60. The zero-order valence-electron chi connectivity index (χ0n) is 9.45. The minimum Gasteiger partial charge on any atom is -0.369 e. The predicted molar refractivity (Wildman–Crippen MR) is 76.3 cm³/mol. The van der Waals surface area contributed by atoms with E-state index in [1.54, 1.807) is 0 Å². The van der Waals surface area contributed by atoms with Crippen molar-refractivity contribution in [1.82, 2.24) is 9.88 Å². The Morgan fingerprint density at radius 3 is 2.94 bits per heavy atom. The molecule has 3 nitrogen and oxygen atoms in total. The van der Waals surface area contributed by atoms with E-state index in [2.05, 4.69) is 51.5 Å². The van der Waals surface area contributed by atoms with Crippen LogP contribution < -0.4 is 4.90 Å². The maximum Gasteiger partial charge on any atom is 0.131 e. The van der Waals surface area contributed by atoms with E-state index < -0.39 is 0 Å². The van der Waals surface area contributed by atoms with Gasteiger partial charge in [-0.3, -0.25) is 0 Å². The number of anilines is 1. The first-order chi connectivity index (χ1) is 7.58. The second kappa shape index (κ2) is 5.06. The molecule has 0 radical (unpaired) electrons. The molecule has 0 aromatic carbocycles. The van der Waals surface area contributed by atoms with Crippen molar-refractivity contribution >= 4 is 39.9 Å². The quantitative estimate of drug-likeness (QED) is 0.603. The zero-order chi connectivity index (χ0) is 11.7. The van der Waals surface area contributed by atoms with Crippen LogP contribution in [0.15, 0.2) is 12.3 Å². The number of hydrogen-bond donors (Lipinski definition) is 0. The lowest BCUT2D eigenvalue weighted by Crippen LogP contribution is -2.31. The highest BCUT2D eigenvalue weighted by Gasteiger charge is 2.25. The van der Waals surface area contributed by atoms with Crippen LogP contribution >= 0.6 is 34.2 Å². The highest BCUT2D eigenvalue weighted by atomic mass is 127. The minimum absolute atomic E-state index is 0.573. The first kappa shape index (κ1) is 12.4. The van der Waals surface area contributed by atoms with Crippen molar-refractivity contribution in [1.29, 1.82) is 0 Å². The highest BCUT2D eigenvalue weighted by Crippen LogP contribution is 2.28. The maximum absolute atomic E-state index is 5.94. The lowest BCUT2D eigenvalue weighted by Gasteiger charge is -2.22. The monoisotopic (exact) mass is 351 g/mol. The summed E-state index contributed by atoms with van der Waals surface area (Å²) >= 11 is 8.26. The molecule has 0 amide bonds. The van der Waals surface area contributed by atoms with Gasteiger partial charge < -0.3 is 9.80 Å². The largest absolute Gasteiger partial charge is 0.369 e. The van der Waals surface area contributed by atoms with E-state index in [9.17, 15) is 0 Å². The average molecular weight is 352 g/mol. The summed E-state index contributed by atoms with van der Waals surface area (Å²) in [4.78, 5) is 8.76. The van der Waals surface area contributed by atoms with Crippen LogP contribution in [0.2, 0.25) is 5.15 Å². The molecule has 1 aromatic heterocycles. The van der Waals surface area contributed by atoms with Gasteiger partial charge in [-0.25, -0.2) is 4.98 Å². The summed E-state index contributed by atoms with van der Waals surface area (Å²) in [6.07, 6.45) is 3.05. The number of likely N-dealkylation sites (N-methyl/N-ethyl adjacent to an activating group) is 1. The van der Waals surface area contributed by atoms with Crippen molar-refractivity contribution in [2.75, 3.05) is 32.1 Å². The Bertz CT molecular complexity index is 383. The molecule has 0 bridgehead atoms. The summed E-state index contributed by atoms with van der Waals surface area (Å²) in [7, 11) is 4.28. The molecule has 1 fully saturated rings. The molecule has 5 heteroatoms. The van der Waals surface area contributed by atoms with Crippen LogP contribution in [0.1, 0.15) is 6.42 Å². The highest BCUT2D eigenvalue weighted by molar-refractivity contribution is 14.1. The van der Waals surface area contributed by atoms with Crippen LogP contribution in [0, 0.1) is 3.57 Å². The molecule has 16 heavy (non-hydrogen) atoms. The second-order valence-electron chi connectivity index (χ2n) is 4.31. The Balaban J connectivity index is 2.17. The molecular formula is C11H15ClIN3. The molecule has 0 spiro atoms. The minimum atomic E-state index is 0.573. The molecule has 0 aliphatic carbocycles. The normalized spacial score (nSPS) is 20.8. The fourth-order valence-corrected chi connectivity index (χ4v) is 2.82. The number of pyridine rings is 1. The molecule has 2 rings (SSSR count). The number of nitrogens with zero attached hydrogens (tertiary/aromatic N) is 3. The molecule has 1 atom stereocenters. The Labute approximate surface area is 115 Å². The van der Waals surface area contributed by atoms with Gasteiger partial charge in [-0.1, -0.05) is 11.6 Å². The van der Waals surface area contributed by atoms with Gasteiger partial charge in [-0.15, -0.1) is 0 Å². The lowest BCUT2D eigenvalue weighted by molar-refractivity contribution is 0.315. The third-order valence-corrected chi connectivity index (χ3v) is 4.07. The van der Waals surface area contributed by atoms with Crippen molar-refractivity contribution in [3.63, 3.8) is 0 Å². The molecular weight excluding hydrogens is 336 g/mol. The van der Waals surface area contributed by atoms with Crippen molar-refractivity contribution in [3.8, 4) is 0 Å². The fourth-order valence-electron chi connectivity index (χ4n) is 2.03. The van der Waals surface area contributed by atoms with Gasteiger partial charge in [0.2, 0.25) is 0 Å². The van der Waals surface area contributed by atoms with Gasteiger partial charge in [0.15, 0.2) is 0 Å². The second-order valence-corrected chi connectivity index (χ2v) is 5.86. The van der Waals surface area contributed by atoms with Gasteiger partial charge in [0, 0.05) is 25.3 Å². The van der Waals surface area contributed by atoms with Crippen LogP contribution in [0.3, 0.4) is 0 Å². The Morgan fingerprint density at radius 2 is 2.31 bits per heavy atom. The van der Waals surface area contributed by atoms with E-state index in [0.717, 1.165) is 13.1 Å². The maximum atomic E-state index is 5.94. The molecule has 1 aliphatic rings. The fraction of sp³-hybridized carbons (Fsp3) is 0.545. The van der Waals surface area contributed by atoms with Crippen molar-refractivity contribution in [3.05, 3.63) is 21.0 Å². The number of rotatable bonds is 2. The average Bonchev–Trinajstić information content (AvgIpc) is 2.70. The van der Waals surface area contributed by atoms with E-state index in [4.69, 9.17) is 11.6 Å². The number of hydrogen-bond acceptors (Lipinski definition) is 3. The van der Waals surface area contributed by atoms with Crippen LogP contribution in [-0.2, 0) is 0 Å². The summed E-state index contributed by atoms with van der Waals surface area (Å²) < 4.78 is 1.17. The number of halogens is 2. The summed E-state index contributed by atoms with van der Waals surface area (Å²) in [6.45, 7) is 2.17. The SMILES string of the molecule is CN(C)C1CCN(c2cc(Cl)ncc2I)C1.